The van der Waals surface area contributed by atoms with Crippen LogP contribution in [0.4, 0.5) is 0 Å². The second-order valence-corrected chi connectivity index (χ2v) is 13.6. The van der Waals surface area contributed by atoms with E-state index < -0.39 is 20.0 Å². The van der Waals surface area contributed by atoms with Crippen molar-refractivity contribution in [3.05, 3.63) is 24.3 Å². The van der Waals surface area contributed by atoms with Gasteiger partial charge in [-0.2, -0.15) is 0 Å². The standard InChI is InChI=1S/C32H63N2O6P/c1-6-8-10-12-13-14-15-16-17-18-19-20-21-22-24-26-32(36)33-30(31(35)25-23-11-9-7-2)29-40-41(37,38)39-28-27-34(3,4)5/h16-17,23,25,30-31,35H,6-15,18-22,24,26-29H2,1-5H3,(H-,33,36,37,38)/p+1/b17-16-,25-23+. The highest BCUT2D eigenvalue weighted by Gasteiger charge is 2.27. The van der Waals surface area contributed by atoms with Gasteiger partial charge in [0.1, 0.15) is 13.2 Å². The van der Waals surface area contributed by atoms with Gasteiger partial charge in [-0.15, -0.1) is 0 Å². The van der Waals surface area contributed by atoms with Crippen LogP contribution < -0.4 is 5.32 Å². The molecule has 0 heterocycles. The van der Waals surface area contributed by atoms with Gasteiger partial charge in [0.25, 0.3) is 0 Å². The van der Waals surface area contributed by atoms with Gasteiger partial charge in [0.15, 0.2) is 0 Å². The van der Waals surface area contributed by atoms with E-state index in [1.807, 2.05) is 27.2 Å². The number of allylic oxidation sites excluding steroid dienone is 3. The van der Waals surface area contributed by atoms with Crippen LogP contribution >= 0.6 is 7.82 Å². The molecule has 0 fully saturated rings. The van der Waals surface area contributed by atoms with Crippen molar-refractivity contribution in [1.29, 1.82) is 0 Å². The molecule has 0 spiro atoms. The summed E-state index contributed by atoms with van der Waals surface area (Å²) in [5.74, 6) is -0.198. The lowest BCUT2D eigenvalue weighted by atomic mass is 10.1. The third-order valence-corrected chi connectivity index (χ3v) is 7.90. The summed E-state index contributed by atoms with van der Waals surface area (Å²) in [5, 5.41) is 13.4. The van der Waals surface area contributed by atoms with Crippen LogP contribution in [-0.2, 0) is 18.4 Å². The number of carbonyl (C=O) groups excluding carboxylic acids is 1. The van der Waals surface area contributed by atoms with Crippen LogP contribution in [0.1, 0.15) is 123 Å². The van der Waals surface area contributed by atoms with Gasteiger partial charge in [0, 0.05) is 6.42 Å². The van der Waals surface area contributed by atoms with Gasteiger partial charge in [-0.25, -0.2) is 4.57 Å². The third-order valence-electron chi connectivity index (χ3n) is 6.92. The number of rotatable bonds is 28. The molecule has 0 saturated heterocycles. The van der Waals surface area contributed by atoms with Gasteiger partial charge in [-0.3, -0.25) is 13.8 Å². The number of phosphoric acid groups is 1. The predicted octanol–water partition coefficient (Wildman–Crippen LogP) is 7.46. The molecular formula is C32H64N2O6P+. The van der Waals surface area contributed by atoms with Gasteiger partial charge in [0.05, 0.1) is 39.9 Å². The molecule has 0 aromatic carbocycles. The minimum atomic E-state index is -4.31. The minimum absolute atomic E-state index is 0.0588. The van der Waals surface area contributed by atoms with E-state index >= 15 is 0 Å². The molecule has 3 atom stereocenters. The molecule has 3 unspecified atom stereocenters. The number of quaternary nitrogens is 1. The normalized spacial score (nSPS) is 15.4. The Balaban J connectivity index is 4.35. The van der Waals surface area contributed by atoms with Crippen molar-refractivity contribution in [1.82, 2.24) is 5.32 Å². The van der Waals surface area contributed by atoms with E-state index in [0.717, 1.165) is 51.4 Å². The van der Waals surface area contributed by atoms with E-state index in [1.165, 1.54) is 51.4 Å². The Morgan fingerprint density at radius 3 is 1.93 bits per heavy atom. The van der Waals surface area contributed by atoms with E-state index in [-0.39, 0.29) is 19.1 Å². The molecule has 0 rings (SSSR count). The summed E-state index contributed by atoms with van der Waals surface area (Å²) in [5.41, 5.74) is 0. The maximum absolute atomic E-state index is 12.6. The zero-order chi connectivity index (χ0) is 30.8. The Kier molecular flexibility index (Phi) is 24.8. The highest BCUT2D eigenvalue weighted by Crippen LogP contribution is 2.43. The number of carbonyl (C=O) groups is 1. The largest absolute Gasteiger partial charge is 0.472 e. The first-order chi connectivity index (χ1) is 19.5. The molecule has 3 N–H and O–H groups in total. The Morgan fingerprint density at radius 1 is 0.805 bits per heavy atom. The second kappa shape index (κ2) is 25.5. The van der Waals surface area contributed by atoms with Crippen molar-refractivity contribution < 1.29 is 32.9 Å². The smallest absolute Gasteiger partial charge is 0.387 e. The molecule has 0 saturated carbocycles. The fourth-order valence-corrected chi connectivity index (χ4v) is 4.93. The molecule has 1 amide bonds. The first-order valence-corrected chi connectivity index (χ1v) is 17.7. The summed E-state index contributed by atoms with van der Waals surface area (Å²) >= 11 is 0. The monoisotopic (exact) mass is 603 g/mol. The Hall–Kier alpha value is -1.02. The van der Waals surface area contributed by atoms with Crippen LogP contribution in [-0.4, -0.2) is 73.4 Å². The van der Waals surface area contributed by atoms with Gasteiger partial charge in [0.2, 0.25) is 5.91 Å². The first-order valence-electron chi connectivity index (χ1n) is 16.2. The average Bonchev–Trinajstić information content (AvgIpc) is 2.90. The Morgan fingerprint density at radius 2 is 1.34 bits per heavy atom. The summed E-state index contributed by atoms with van der Waals surface area (Å²) in [7, 11) is 1.55. The van der Waals surface area contributed by atoms with Crippen molar-refractivity contribution in [2.24, 2.45) is 0 Å². The van der Waals surface area contributed by atoms with Crippen LogP contribution in [0.25, 0.3) is 0 Å². The second-order valence-electron chi connectivity index (χ2n) is 12.2. The highest BCUT2D eigenvalue weighted by molar-refractivity contribution is 7.47. The average molecular weight is 604 g/mol. The van der Waals surface area contributed by atoms with E-state index in [4.69, 9.17) is 9.05 Å². The molecule has 0 aromatic rings. The van der Waals surface area contributed by atoms with Crippen molar-refractivity contribution >= 4 is 13.7 Å². The lowest BCUT2D eigenvalue weighted by Crippen LogP contribution is -2.45. The fraction of sp³-hybridized carbons (Fsp3) is 0.844. The van der Waals surface area contributed by atoms with Gasteiger partial charge in [-0.1, -0.05) is 102 Å². The number of aliphatic hydroxyl groups excluding tert-OH is 1. The molecular weight excluding hydrogens is 539 g/mol. The minimum Gasteiger partial charge on any atom is -0.387 e. The number of phosphoric ester groups is 1. The number of nitrogens with one attached hydrogen (secondary N) is 1. The number of aliphatic hydroxyl groups is 1. The maximum Gasteiger partial charge on any atom is 0.472 e. The van der Waals surface area contributed by atoms with Crippen LogP contribution in [0.5, 0.6) is 0 Å². The number of hydrogen-bond donors (Lipinski definition) is 3. The molecule has 0 bridgehead atoms. The van der Waals surface area contributed by atoms with Crippen LogP contribution in [0.15, 0.2) is 24.3 Å². The van der Waals surface area contributed by atoms with Crippen LogP contribution in [0.3, 0.4) is 0 Å². The molecule has 0 aliphatic rings. The van der Waals surface area contributed by atoms with Crippen LogP contribution in [0.2, 0.25) is 0 Å². The lowest BCUT2D eigenvalue weighted by molar-refractivity contribution is -0.870. The fourth-order valence-electron chi connectivity index (χ4n) is 4.19. The van der Waals surface area contributed by atoms with Gasteiger partial charge >= 0.3 is 7.82 Å². The number of likely N-dealkylation sites (N-methyl/N-ethyl adjacent to an activating group) is 1. The zero-order valence-electron chi connectivity index (χ0n) is 27.0. The molecule has 0 aliphatic carbocycles. The quantitative estimate of drug-likeness (QED) is 0.0371. The van der Waals surface area contributed by atoms with Crippen molar-refractivity contribution in [2.45, 2.75) is 135 Å². The number of unbranched alkanes of at least 4 members (excludes halogenated alkanes) is 13. The van der Waals surface area contributed by atoms with E-state index in [9.17, 15) is 19.4 Å². The summed E-state index contributed by atoms with van der Waals surface area (Å²) in [6, 6.07) is -0.842. The summed E-state index contributed by atoms with van der Waals surface area (Å²) in [6.07, 6.45) is 25.8. The van der Waals surface area contributed by atoms with E-state index in [2.05, 4.69) is 31.3 Å². The Labute approximate surface area is 252 Å². The summed E-state index contributed by atoms with van der Waals surface area (Å²) < 4.78 is 23.1. The molecule has 0 aromatic heterocycles. The van der Waals surface area contributed by atoms with Gasteiger partial charge < -0.3 is 19.8 Å². The molecule has 242 valence electrons. The zero-order valence-corrected chi connectivity index (χ0v) is 27.9. The molecule has 0 aliphatic heterocycles. The van der Waals surface area contributed by atoms with Crippen LogP contribution in [0, 0.1) is 0 Å². The van der Waals surface area contributed by atoms with E-state index in [0.29, 0.717) is 17.4 Å². The van der Waals surface area contributed by atoms with E-state index in [1.54, 1.807) is 6.08 Å². The molecule has 0 radical (unpaired) electrons. The molecule has 41 heavy (non-hydrogen) atoms. The molecule has 8 nitrogen and oxygen atoms in total. The number of nitrogens with zero attached hydrogens (tertiary/aromatic N) is 1. The first kappa shape index (κ1) is 40.0. The van der Waals surface area contributed by atoms with Gasteiger partial charge in [-0.05, 0) is 38.5 Å². The molecule has 9 heteroatoms. The maximum atomic E-state index is 12.6. The SMILES string of the molecule is CCCC/C=C/C(O)C(COP(=O)(O)OCC[N+](C)(C)C)NC(=O)CCCCCCC/C=C\CCCCCCCC. The Bertz CT molecular complexity index is 738. The third kappa shape index (κ3) is 27.6. The predicted molar refractivity (Wildman–Crippen MR) is 171 cm³/mol. The summed E-state index contributed by atoms with van der Waals surface area (Å²) in [6.45, 7) is 4.61. The topological polar surface area (TPSA) is 105 Å². The lowest BCUT2D eigenvalue weighted by Gasteiger charge is -2.25. The van der Waals surface area contributed by atoms with Crippen molar-refractivity contribution in [2.75, 3.05) is 40.9 Å². The summed E-state index contributed by atoms with van der Waals surface area (Å²) in [4.78, 5) is 22.7. The number of amides is 1. The number of hydrogen-bond acceptors (Lipinski definition) is 5. The van der Waals surface area contributed by atoms with Crippen molar-refractivity contribution in [3.63, 3.8) is 0 Å². The van der Waals surface area contributed by atoms with Crippen molar-refractivity contribution in [3.8, 4) is 0 Å². The highest BCUT2D eigenvalue weighted by atomic mass is 31.2.